The van der Waals surface area contributed by atoms with Gasteiger partial charge in [-0.15, -0.1) is 11.3 Å². The van der Waals surface area contributed by atoms with Crippen LogP contribution < -0.4 is 5.32 Å². The van der Waals surface area contributed by atoms with Crippen molar-refractivity contribution < 1.29 is 9.26 Å². The van der Waals surface area contributed by atoms with Crippen LogP contribution in [0.25, 0.3) is 0 Å². The van der Waals surface area contributed by atoms with E-state index in [1.807, 2.05) is 6.07 Å². The first-order valence-corrected chi connectivity index (χ1v) is 7.75. The Morgan fingerprint density at radius 1 is 1.45 bits per heavy atom. The molecule has 0 aliphatic carbocycles. The Kier molecular flexibility index (Phi) is 4.14. The van der Waals surface area contributed by atoms with E-state index in [4.69, 9.17) is 9.26 Å². The van der Waals surface area contributed by atoms with Crippen LogP contribution in [-0.4, -0.2) is 36.9 Å². The lowest BCUT2D eigenvalue weighted by atomic mass is 9.79. The summed E-state index contributed by atoms with van der Waals surface area (Å²) in [6, 6.07) is 4.14. The van der Waals surface area contributed by atoms with Crippen molar-refractivity contribution in [2.45, 2.75) is 24.7 Å². The van der Waals surface area contributed by atoms with Crippen LogP contribution >= 0.6 is 11.3 Å². The van der Waals surface area contributed by atoms with Crippen LogP contribution in [0.1, 0.15) is 29.4 Å². The molecule has 1 aliphatic rings. The number of nitrogens with zero attached hydrogens (tertiary/aromatic N) is 2. The maximum atomic E-state index is 5.54. The summed E-state index contributed by atoms with van der Waals surface area (Å²) in [4.78, 5) is 5.87. The molecule has 5 nitrogen and oxygen atoms in total. The van der Waals surface area contributed by atoms with Crippen molar-refractivity contribution >= 4 is 11.3 Å². The molecule has 2 aromatic rings. The molecule has 1 saturated heterocycles. The van der Waals surface area contributed by atoms with Gasteiger partial charge in [0.05, 0.1) is 12.0 Å². The van der Waals surface area contributed by atoms with E-state index in [9.17, 15) is 0 Å². The van der Waals surface area contributed by atoms with E-state index in [2.05, 4.69) is 26.9 Å². The van der Waals surface area contributed by atoms with Gasteiger partial charge in [0, 0.05) is 18.4 Å². The van der Waals surface area contributed by atoms with E-state index in [0.29, 0.717) is 6.61 Å². The van der Waals surface area contributed by atoms with Gasteiger partial charge in [-0.3, -0.25) is 0 Å². The molecule has 2 aromatic heterocycles. The summed E-state index contributed by atoms with van der Waals surface area (Å²) in [6.07, 6.45) is 2.69. The number of rotatable bonds is 5. The molecule has 0 atom stereocenters. The molecule has 3 heterocycles. The maximum absolute atomic E-state index is 5.54. The normalized spacial score (nSPS) is 18.2. The number of piperidine rings is 1. The highest BCUT2D eigenvalue weighted by Crippen LogP contribution is 2.32. The highest BCUT2D eigenvalue weighted by Gasteiger charge is 2.39. The van der Waals surface area contributed by atoms with Gasteiger partial charge < -0.3 is 14.6 Å². The van der Waals surface area contributed by atoms with E-state index in [1.54, 1.807) is 18.4 Å². The van der Waals surface area contributed by atoms with E-state index in [1.165, 1.54) is 4.88 Å². The van der Waals surface area contributed by atoms with Gasteiger partial charge in [-0.1, -0.05) is 11.2 Å². The molecule has 108 valence electrons. The number of aromatic nitrogens is 2. The summed E-state index contributed by atoms with van der Waals surface area (Å²) >= 11 is 1.72. The number of hydrogen-bond donors (Lipinski definition) is 1. The van der Waals surface area contributed by atoms with Gasteiger partial charge in [0.15, 0.2) is 5.82 Å². The third-order valence-electron chi connectivity index (χ3n) is 3.82. The van der Waals surface area contributed by atoms with Gasteiger partial charge in [0.1, 0.15) is 0 Å². The van der Waals surface area contributed by atoms with Gasteiger partial charge in [-0.2, -0.15) is 4.98 Å². The molecular formula is C14H19N3O2S. The summed E-state index contributed by atoms with van der Waals surface area (Å²) in [5.74, 6) is 1.49. The van der Waals surface area contributed by atoms with Crippen LogP contribution in [0.3, 0.4) is 0 Å². The fraction of sp³-hybridized carbons (Fsp3) is 0.571. The van der Waals surface area contributed by atoms with Crippen molar-refractivity contribution in [3.63, 3.8) is 0 Å². The number of nitrogens with one attached hydrogen (secondary N) is 1. The van der Waals surface area contributed by atoms with Crippen LogP contribution in [0, 0.1) is 0 Å². The smallest absolute Gasteiger partial charge is 0.235 e. The Labute approximate surface area is 122 Å². The van der Waals surface area contributed by atoms with Crippen LogP contribution in [0.5, 0.6) is 0 Å². The highest BCUT2D eigenvalue weighted by atomic mass is 32.1. The molecule has 1 fully saturated rings. The van der Waals surface area contributed by atoms with Crippen molar-refractivity contribution in [3.05, 3.63) is 34.1 Å². The highest BCUT2D eigenvalue weighted by molar-refractivity contribution is 7.09. The molecule has 1 N–H and O–H groups in total. The predicted octanol–water partition coefficient (Wildman–Crippen LogP) is 1.99. The average Bonchev–Trinajstić information content (AvgIpc) is 3.13. The van der Waals surface area contributed by atoms with Gasteiger partial charge >= 0.3 is 0 Å². The number of hydrogen-bond acceptors (Lipinski definition) is 6. The summed E-state index contributed by atoms with van der Waals surface area (Å²) in [5, 5.41) is 9.57. The monoisotopic (exact) mass is 293 g/mol. The second-order valence-electron chi connectivity index (χ2n) is 5.24. The Hall–Kier alpha value is -1.24. The standard InChI is InChI=1S/C14H19N3O2S/c1-18-10-14(4-6-15-7-5-14)13-16-12(17-19-13)9-11-3-2-8-20-11/h2-3,8,15H,4-7,9-10H2,1H3. The minimum atomic E-state index is -0.124. The fourth-order valence-electron chi connectivity index (χ4n) is 2.71. The van der Waals surface area contributed by atoms with Gasteiger partial charge in [-0.05, 0) is 37.4 Å². The first-order chi connectivity index (χ1) is 9.82. The van der Waals surface area contributed by atoms with E-state index in [0.717, 1.165) is 44.1 Å². The Morgan fingerprint density at radius 2 is 2.30 bits per heavy atom. The van der Waals surface area contributed by atoms with E-state index >= 15 is 0 Å². The molecule has 0 unspecified atom stereocenters. The summed E-state index contributed by atoms with van der Waals surface area (Å²) in [7, 11) is 1.73. The largest absolute Gasteiger partial charge is 0.384 e. The first-order valence-electron chi connectivity index (χ1n) is 6.87. The van der Waals surface area contributed by atoms with Gasteiger partial charge in [0.2, 0.25) is 5.89 Å². The number of methoxy groups -OCH3 is 1. The molecule has 0 radical (unpaired) electrons. The average molecular weight is 293 g/mol. The maximum Gasteiger partial charge on any atom is 0.235 e. The fourth-order valence-corrected chi connectivity index (χ4v) is 3.41. The van der Waals surface area contributed by atoms with E-state index < -0.39 is 0 Å². The van der Waals surface area contributed by atoms with Crippen molar-refractivity contribution in [1.29, 1.82) is 0 Å². The van der Waals surface area contributed by atoms with Crippen LogP contribution in [0.4, 0.5) is 0 Å². The van der Waals surface area contributed by atoms with E-state index in [-0.39, 0.29) is 5.41 Å². The minimum Gasteiger partial charge on any atom is -0.384 e. The molecule has 0 bridgehead atoms. The lowest BCUT2D eigenvalue weighted by Gasteiger charge is -2.33. The zero-order chi connectivity index (χ0) is 13.8. The third kappa shape index (κ3) is 2.77. The zero-order valence-electron chi connectivity index (χ0n) is 11.6. The second kappa shape index (κ2) is 6.03. The molecule has 0 spiro atoms. The second-order valence-corrected chi connectivity index (χ2v) is 6.27. The first kappa shape index (κ1) is 13.7. The topological polar surface area (TPSA) is 60.2 Å². The molecule has 0 amide bonds. The lowest BCUT2D eigenvalue weighted by Crippen LogP contribution is -2.43. The number of thiophene rings is 1. The van der Waals surface area contributed by atoms with Gasteiger partial charge in [0.25, 0.3) is 0 Å². The Morgan fingerprint density at radius 3 is 3.00 bits per heavy atom. The molecule has 0 aromatic carbocycles. The van der Waals surface area contributed by atoms with Crippen molar-refractivity contribution in [2.75, 3.05) is 26.8 Å². The Balaban J connectivity index is 1.79. The zero-order valence-corrected chi connectivity index (χ0v) is 12.4. The molecule has 1 aliphatic heterocycles. The van der Waals surface area contributed by atoms with Crippen LogP contribution in [-0.2, 0) is 16.6 Å². The molecule has 20 heavy (non-hydrogen) atoms. The SMILES string of the molecule is COCC1(c2nc(Cc3cccs3)no2)CCNCC1. The number of ether oxygens (including phenoxy) is 1. The van der Waals surface area contributed by atoms with Crippen LogP contribution in [0.2, 0.25) is 0 Å². The molecular weight excluding hydrogens is 274 g/mol. The van der Waals surface area contributed by atoms with Crippen molar-refractivity contribution in [1.82, 2.24) is 15.5 Å². The third-order valence-corrected chi connectivity index (χ3v) is 4.69. The summed E-state index contributed by atoms with van der Waals surface area (Å²) in [6.45, 7) is 2.56. The minimum absolute atomic E-state index is 0.124. The summed E-state index contributed by atoms with van der Waals surface area (Å²) in [5.41, 5.74) is -0.124. The summed E-state index contributed by atoms with van der Waals surface area (Å²) < 4.78 is 10.9. The van der Waals surface area contributed by atoms with Crippen molar-refractivity contribution in [2.24, 2.45) is 0 Å². The Bertz CT molecular complexity index is 527. The van der Waals surface area contributed by atoms with Crippen LogP contribution in [0.15, 0.2) is 22.0 Å². The predicted molar refractivity (Wildman–Crippen MR) is 77.1 cm³/mol. The lowest BCUT2D eigenvalue weighted by molar-refractivity contribution is 0.0849. The molecule has 0 saturated carbocycles. The molecule has 6 heteroatoms. The quantitative estimate of drug-likeness (QED) is 0.913. The molecule has 3 rings (SSSR count). The van der Waals surface area contributed by atoms with Gasteiger partial charge in [-0.25, -0.2) is 0 Å². The van der Waals surface area contributed by atoms with Crippen molar-refractivity contribution in [3.8, 4) is 0 Å².